The van der Waals surface area contributed by atoms with Crippen LogP contribution in [0.15, 0.2) is 52.1 Å². The standard InChI is InChI=1S/C17H15BrN2O4/c18-13-3-1-12(2-4-13)10-19-24-11-17(21)20-14-5-6-15-16(9-14)23-8-7-22-15/h1-6,9-10H,7-8,11H2,(H,20,21)/b19-10-. The van der Waals surface area contributed by atoms with Gasteiger partial charge in [0.1, 0.15) is 13.2 Å². The van der Waals surface area contributed by atoms with Gasteiger partial charge in [-0.2, -0.15) is 0 Å². The second kappa shape index (κ2) is 7.83. The first-order valence-electron chi connectivity index (χ1n) is 7.31. The highest BCUT2D eigenvalue weighted by molar-refractivity contribution is 9.10. The predicted molar refractivity (Wildman–Crippen MR) is 93.7 cm³/mol. The summed E-state index contributed by atoms with van der Waals surface area (Å²) in [5, 5.41) is 6.50. The lowest BCUT2D eigenvalue weighted by Crippen LogP contribution is -2.18. The number of nitrogens with zero attached hydrogens (tertiary/aromatic N) is 1. The number of carbonyl (C=O) groups is 1. The van der Waals surface area contributed by atoms with Gasteiger partial charge in [-0.3, -0.25) is 4.79 Å². The van der Waals surface area contributed by atoms with E-state index in [0.29, 0.717) is 30.4 Å². The molecule has 0 aliphatic carbocycles. The van der Waals surface area contributed by atoms with Crippen molar-refractivity contribution in [2.45, 2.75) is 0 Å². The van der Waals surface area contributed by atoms with E-state index in [0.717, 1.165) is 10.0 Å². The van der Waals surface area contributed by atoms with Crippen LogP contribution in [0.1, 0.15) is 5.56 Å². The van der Waals surface area contributed by atoms with Crippen molar-refractivity contribution in [2.75, 3.05) is 25.1 Å². The lowest BCUT2D eigenvalue weighted by atomic mass is 10.2. The smallest absolute Gasteiger partial charge is 0.265 e. The molecule has 0 fully saturated rings. The van der Waals surface area contributed by atoms with Gasteiger partial charge in [0, 0.05) is 16.2 Å². The van der Waals surface area contributed by atoms with Gasteiger partial charge in [-0.05, 0) is 29.8 Å². The van der Waals surface area contributed by atoms with Crippen LogP contribution in [0.25, 0.3) is 0 Å². The molecule has 1 N–H and O–H groups in total. The van der Waals surface area contributed by atoms with Crippen molar-refractivity contribution in [3.8, 4) is 11.5 Å². The van der Waals surface area contributed by atoms with E-state index in [9.17, 15) is 4.79 Å². The molecule has 1 aliphatic heterocycles. The molecule has 3 rings (SSSR count). The molecule has 0 saturated heterocycles. The zero-order valence-corrected chi connectivity index (χ0v) is 14.3. The molecule has 0 spiro atoms. The number of nitrogens with one attached hydrogen (secondary N) is 1. The summed E-state index contributed by atoms with van der Waals surface area (Å²) in [5.41, 5.74) is 1.50. The van der Waals surface area contributed by atoms with Crippen LogP contribution in [-0.4, -0.2) is 31.9 Å². The maximum absolute atomic E-state index is 11.8. The van der Waals surface area contributed by atoms with Crippen LogP contribution in [0.2, 0.25) is 0 Å². The molecular weight excluding hydrogens is 376 g/mol. The number of fused-ring (bicyclic) bond motifs is 1. The fourth-order valence-electron chi connectivity index (χ4n) is 2.06. The van der Waals surface area contributed by atoms with Crippen molar-refractivity contribution in [1.82, 2.24) is 0 Å². The van der Waals surface area contributed by atoms with E-state index >= 15 is 0 Å². The molecule has 0 unspecified atom stereocenters. The van der Waals surface area contributed by atoms with Gasteiger partial charge in [0.15, 0.2) is 18.1 Å². The molecule has 2 aromatic carbocycles. The molecule has 7 heteroatoms. The topological polar surface area (TPSA) is 69.2 Å². The minimum atomic E-state index is -0.306. The zero-order valence-electron chi connectivity index (χ0n) is 12.7. The highest BCUT2D eigenvalue weighted by Crippen LogP contribution is 2.32. The van der Waals surface area contributed by atoms with Gasteiger partial charge in [-0.25, -0.2) is 0 Å². The van der Waals surface area contributed by atoms with Crippen molar-refractivity contribution in [1.29, 1.82) is 0 Å². The Morgan fingerprint density at radius 2 is 1.92 bits per heavy atom. The van der Waals surface area contributed by atoms with Crippen molar-refractivity contribution < 1.29 is 19.1 Å². The summed E-state index contributed by atoms with van der Waals surface area (Å²) in [6.45, 7) is 0.850. The third-order valence-electron chi connectivity index (χ3n) is 3.17. The van der Waals surface area contributed by atoms with Crippen molar-refractivity contribution in [2.24, 2.45) is 5.16 Å². The Morgan fingerprint density at radius 1 is 1.17 bits per heavy atom. The van der Waals surface area contributed by atoms with Gasteiger partial charge in [0.25, 0.3) is 5.91 Å². The molecule has 1 aliphatic rings. The fraction of sp³-hybridized carbons (Fsp3) is 0.176. The van der Waals surface area contributed by atoms with Gasteiger partial charge in [-0.1, -0.05) is 33.2 Å². The van der Waals surface area contributed by atoms with Gasteiger partial charge in [0.05, 0.1) is 6.21 Å². The van der Waals surface area contributed by atoms with Crippen molar-refractivity contribution in [3.05, 3.63) is 52.5 Å². The lowest BCUT2D eigenvalue weighted by Gasteiger charge is -2.18. The summed E-state index contributed by atoms with van der Waals surface area (Å²) < 4.78 is 11.9. The Kier molecular flexibility index (Phi) is 5.32. The first-order chi connectivity index (χ1) is 11.7. The molecule has 0 atom stereocenters. The minimum Gasteiger partial charge on any atom is -0.486 e. The third-order valence-corrected chi connectivity index (χ3v) is 3.70. The molecule has 1 amide bonds. The maximum Gasteiger partial charge on any atom is 0.265 e. The molecule has 0 bridgehead atoms. The average molecular weight is 391 g/mol. The van der Waals surface area contributed by atoms with Crippen LogP contribution < -0.4 is 14.8 Å². The van der Waals surface area contributed by atoms with E-state index < -0.39 is 0 Å². The minimum absolute atomic E-state index is 0.179. The Morgan fingerprint density at radius 3 is 2.71 bits per heavy atom. The fourth-order valence-corrected chi connectivity index (χ4v) is 2.33. The number of hydrogen-bond acceptors (Lipinski definition) is 5. The van der Waals surface area contributed by atoms with Crippen LogP contribution in [0.3, 0.4) is 0 Å². The normalized spacial score (nSPS) is 12.9. The molecule has 0 radical (unpaired) electrons. The number of anilines is 1. The van der Waals surface area contributed by atoms with Crippen molar-refractivity contribution >= 4 is 33.7 Å². The Hall–Kier alpha value is -2.54. The van der Waals surface area contributed by atoms with Gasteiger partial charge in [-0.15, -0.1) is 0 Å². The van der Waals surface area contributed by atoms with Crippen molar-refractivity contribution in [3.63, 3.8) is 0 Å². The van der Waals surface area contributed by atoms with E-state index in [1.54, 1.807) is 24.4 Å². The number of amides is 1. The van der Waals surface area contributed by atoms with Crippen LogP contribution >= 0.6 is 15.9 Å². The first-order valence-corrected chi connectivity index (χ1v) is 8.10. The van der Waals surface area contributed by atoms with Crippen LogP contribution in [-0.2, 0) is 9.63 Å². The second-order valence-electron chi connectivity index (χ2n) is 4.97. The number of carbonyl (C=O) groups excluding carboxylic acids is 1. The number of benzene rings is 2. The largest absolute Gasteiger partial charge is 0.486 e. The highest BCUT2D eigenvalue weighted by Gasteiger charge is 2.12. The Balaban J connectivity index is 1.48. The molecule has 0 aromatic heterocycles. The van der Waals surface area contributed by atoms with E-state index in [4.69, 9.17) is 14.3 Å². The van der Waals surface area contributed by atoms with E-state index in [1.807, 2.05) is 24.3 Å². The summed E-state index contributed by atoms with van der Waals surface area (Å²) in [7, 11) is 0. The molecular formula is C17H15BrN2O4. The summed E-state index contributed by atoms with van der Waals surface area (Å²) in [4.78, 5) is 16.9. The number of ether oxygens (including phenoxy) is 2. The van der Waals surface area contributed by atoms with Crippen LogP contribution in [0.4, 0.5) is 5.69 Å². The average Bonchev–Trinajstić information content (AvgIpc) is 2.60. The van der Waals surface area contributed by atoms with E-state index in [-0.39, 0.29) is 12.5 Å². The number of oxime groups is 1. The molecule has 2 aromatic rings. The SMILES string of the molecule is O=C(CO/N=C\c1ccc(Br)cc1)Nc1ccc2c(c1)OCCO2. The third kappa shape index (κ3) is 4.48. The predicted octanol–water partition coefficient (Wildman–Crippen LogP) is 3.21. The Bertz CT molecular complexity index is 747. The molecule has 124 valence electrons. The highest BCUT2D eigenvalue weighted by atomic mass is 79.9. The van der Waals surface area contributed by atoms with E-state index in [1.165, 1.54) is 0 Å². The summed E-state index contributed by atoms with van der Waals surface area (Å²) >= 11 is 3.36. The Labute approximate surface area is 147 Å². The molecule has 24 heavy (non-hydrogen) atoms. The number of halogens is 1. The molecule has 1 heterocycles. The quantitative estimate of drug-likeness (QED) is 0.628. The summed E-state index contributed by atoms with van der Waals surface area (Å²) in [6, 6.07) is 12.8. The van der Waals surface area contributed by atoms with Crippen LogP contribution in [0.5, 0.6) is 11.5 Å². The number of hydrogen-bond donors (Lipinski definition) is 1. The summed E-state index contributed by atoms with van der Waals surface area (Å²) in [6.07, 6.45) is 1.55. The van der Waals surface area contributed by atoms with Crippen LogP contribution in [0, 0.1) is 0 Å². The monoisotopic (exact) mass is 390 g/mol. The van der Waals surface area contributed by atoms with E-state index in [2.05, 4.69) is 26.4 Å². The number of rotatable bonds is 5. The zero-order chi connectivity index (χ0) is 16.8. The van der Waals surface area contributed by atoms with Gasteiger partial charge in [0.2, 0.25) is 0 Å². The van der Waals surface area contributed by atoms with Gasteiger partial charge < -0.3 is 19.6 Å². The second-order valence-corrected chi connectivity index (χ2v) is 5.88. The van der Waals surface area contributed by atoms with Gasteiger partial charge >= 0.3 is 0 Å². The lowest BCUT2D eigenvalue weighted by molar-refractivity contribution is -0.120. The molecule has 6 nitrogen and oxygen atoms in total. The molecule has 0 saturated carbocycles. The first kappa shape index (κ1) is 16.3. The maximum atomic E-state index is 11.8. The summed E-state index contributed by atoms with van der Waals surface area (Å²) in [5.74, 6) is 0.988.